The average molecular weight is 290 g/mol. The van der Waals surface area contributed by atoms with E-state index in [9.17, 15) is 4.79 Å². The van der Waals surface area contributed by atoms with Crippen molar-refractivity contribution in [3.63, 3.8) is 0 Å². The third kappa shape index (κ3) is 4.52. The molecular weight excluding hydrogens is 268 g/mol. The predicted molar refractivity (Wildman–Crippen MR) is 81.7 cm³/mol. The third-order valence-electron chi connectivity index (χ3n) is 3.65. The van der Waals surface area contributed by atoms with Gasteiger partial charge in [0.25, 0.3) is 0 Å². The number of ether oxygens (including phenoxy) is 2. The molecule has 0 spiro atoms. The number of carboxylic acids is 1. The largest absolute Gasteiger partial charge is 0.490 e. The lowest BCUT2D eigenvalue weighted by molar-refractivity contribution is -0.131. The number of hydrogen-bond donors (Lipinski definition) is 1. The SMILES string of the molecule is CCOc1cccc(C=CC(=O)O)c1OCC1CCCC1. The van der Waals surface area contributed by atoms with Gasteiger partial charge in [-0.05, 0) is 37.8 Å². The van der Waals surface area contributed by atoms with Crippen molar-refractivity contribution in [3.05, 3.63) is 29.8 Å². The van der Waals surface area contributed by atoms with E-state index in [1.807, 2.05) is 25.1 Å². The Balaban J connectivity index is 2.17. The second-order valence-corrected chi connectivity index (χ2v) is 5.24. The highest BCUT2D eigenvalue weighted by atomic mass is 16.5. The van der Waals surface area contributed by atoms with Crippen LogP contribution in [0.3, 0.4) is 0 Å². The van der Waals surface area contributed by atoms with Crippen molar-refractivity contribution in [2.24, 2.45) is 5.92 Å². The number of hydrogen-bond acceptors (Lipinski definition) is 3. The number of benzene rings is 1. The quantitative estimate of drug-likeness (QED) is 0.777. The first-order valence-corrected chi connectivity index (χ1v) is 7.50. The lowest BCUT2D eigenvalue weighted by atomic mass is 10.1. The first kappa shape index (κ1) is 15.4. The molecule has 4 nitrogen and oxygen atoms in total. The van der Waals surface area contributed by atoms with Crippen LogP contribution < -0.4 is 9.47 Å². The Bertz CT molecular complexity index is 502. The van der Waals surface area contributed by atoms with E-state index in [4.69, 9.17) is 14.6 Å². The molecule has 1 aromatic carbocycles. The second-order valence-electron chi connectivity index (χ2n) is 5.24. The smallest absolute Gasteiger partial charge is 0.328 e. The van der Waals surface area contributed by atoms with Crippen LogP contribution in [0, 0.1) is 5.92 Å². The molecule has 0 aliphatic heterocycles. The summed E-state index contributed by atoms with van der Waals surface area (Å²) >= 11 is 0. The molecule has 1 aliphatic rings. The number of carbonyl (C=O) groups is 1. The van der Waals surface area contributed by atoms with Crippen LogP contribution in [0.1, 0.15) is 38.2 Å². The van der Waals surface area contributed by atoms with Crippen LogP contribution >= 0.6 is 0 Å². The molecule has 0 amide bonds. The van der Waals surface area contributed by atoms with Gasteiger partial charge >= 0.3 is 5.97 Å². The second kappa shape index (κ2) is 7.72. The van der Waals surface area contributed by atoms with E-state index in [-0.39, 0.29) is 0 Å². The van der Waals surface area contributed by atoms with Gasteiger partial charge < -0.3 is 14.6 Å². The molecule has 1 aliphatic carbocycles. The fourth-order valence-corrected chi connectivity index (χ4v) is 2.63. The Morgan fingerprint density at radius 2 is 2.10 bits per heavy atom. The molecule has 2 rings (SSSR count). The van der Waals surface area contributed by atoms with E-state index in [0.29, 0.717) is 30.6 Å². The minimum Gasteiger partial charge on any atom is -0.490 e. The Morgan fingerprint density at radius 1 is 1.33 bits per heavy atom. The van der Waals surface area contributed by atoms with Crippen LogP contribution in [-0.4, -0.2) is 24.3 Å². The number of aliphatic carboxylic acids is 1. The van der Waals surface area contributed by atoms with E-state index in [0.717, 1.165) is 11.6 Å². The molecule has 1 fully saturated rings. The minimum absolute atomic E-state index is 0.548. The van der Waals surface area contributed by atoms with Gasteiger partial charge in [0.1, 0.15) is 0 Å². The molecule has 0 saturated heterocycles. The van der Waals surface area contributed by atoms with E-state index in [1.54, 1.807) is 6.08 Å². The van der Waals surface area contributed by atoms with E-state index < -0.39 is 5.97 Å². The first-order chi connectivity index (χ1) is 10.2. The molecule has 114 valence electrons. The Labute approximate surface area is 125 Å². The average Bonchev–Trinajstić information content (AvgIpc) is 2.97. The van der Waals surface area contributed by atoms with Crippen molar-refractivity contribution in [2.75, 3.05) is 13.2 Å². The number of carboxylic acid groups (broad SMARTS) is 1. The maximum Gasteiger partial charge on any atom is 0.328 e. The molecular formula is C17H22O4. The fourth-order valence-electron chi connectivity index (χ4n) is 2.63. The van der Waals surface area contributed by atoms with Gasteiger partial charge in [-0.3, -0.25) is 0 Å². The highest BCUT2D eigenvalue weighted by Crippen LogP contribution is 2.34. The van der Waals surface area contributed by atoms with Gasteiger partial charge in [0.05, 0.1) is 13.2 Å². The van der Waals surface area contributed by atoms with Crippen LogP contribution in [0.25, 0.3) is 6.08 Å². The monoisotopic (exact) mass is 290 g/mol. The van der Waals surface area contributed by atoms with Crippen molar-refractivity contribution >= 4 is 12.0 Å². The van der Waals surface area contributed by atoms with Gasteiger partial charge in [0, 0.05) is 11.6 Å². The molecule has 21 heavy (non-hydrogen) atoms. The van der Waals surface area contributed by atoms with Crippen LogP contribution in [0.5, 0.6) is 11.5 Å². The Kier molecular flexibility index (Phi) is 5.67. The van der Waals surface area contributed by atoms with Gasteiger partial charge in [-0.15, -0.1) is 0 Å². The maximum absolute atomic E-state index is 10.7. The fraction of sp³-hybridized carbons (Fsp3) is 0.471. The summed E-state index contributed by atoms with van der Waals surface area (Å²) in [7, 11) is 0. The van der Waals surface area contributed by atoms with Gasteiger partial charge in [-0.1, -0.05) is 25.0 Å². The number of para-hydroxylation sites is 1. The van der Waals surface area contributed by atoms with Crippen LogP contribution in [-0.2, 0) is 4.79 Å². The molecule has 0 bridgehead atoms. The highest BCUT2D eigenvalue weighted by Gasteiger charge is 2.17. The zero-order valence-electron chi connectivity index (χ0n) is 12.4. The number of rotatable bonds is 7. The van der Waals surface area contributed by atoms with Crippen LogP contribution in [0.4, 0.5) is 0 Å². The van der Waals surface area contributed by atoms with Crippen molar-refractivity contribution in [1.29, 1.82) is 0 Å². The molecule has 1 saturated carbocycles. The lowest BCUT2D eigenvalue weighted by Crippen LogP contribution is -2.10. The van der Waals surface area contributed by atoms with Crippen LogP contribution in [0.15, 0.2) is 24.3 Å². The molecule has 0 atom stereocenters. The van der Waals surface area contributed by atoms with Crippen molar-refractivity contribution in [1.82, 2.24) is 0 Å². The highest BCUT2D eigenvalue weighted by molar-refractivity contribution is 5.86. The van der Waals surface area contributed by atoms with Gasteiger partial charge in [-0.25, -0.2) is 4.79 Å². The molecule has 0 heterocycles. The zero-order chi connectivity index (χ0) is 15.1. The van der Waals surface area contributed by atoms with E-state index in [1.165, 1.54) is 25.7 Å². The van der Waals surface area contributed by atoms with Gasteiger partial charge in [0.2, 0.25) is 0 Å². The van der Waals surface area contributed by atoms with Crippen molar-refractivity contribution in [2.45, 2.75) is 32.6 Å². The Hall–Kier alpha value is -1.97. The summed E-state index contributed by atoms with van der Waals surface area (Å²) in [6, 6.07) is 5.53. The van der Waals surface area contributed by atoms with E-state index in [2.05, 4.69) is 0 Å². The van der Waals surface area contributed by atoms with E-state index >= 15 is 0 Å². The molecule has 0 unspecified atom stereocenters. The van der Waals surface area contributed by atoms with Crippen LogP contribution in [0.2, 0.25) is 0 Å². The molecule has 0 aromatic heterocycles. The lowest BCUT2D eigenvalue weighted by Gasteiger charge is -2.16. The van der Waals surface area contributed by atoms with Crippen molar-refractivity contribution in [3.8, 4) is 11.5 Å². The molecule has 1 N–H and O–H groups in total. The zero-order valence-corrected chi connectivity index (χ0v) is 12.4. The topological polar surface area (TPSA) is 55.8 Å². The molecule has 4 heteroatoms. The summed E-state index contributed by atoms with van der Waals surface area (Å²) in [6.45, 7) is 3.13. The van der Waals surface area contributed by atoms with Gasteiger partial charge in [-0.2, -0.15) is 0 Å². The summed E-state index contributed by atoms with van der Waals surface area (Å²) in [5.74, 6) is 0.932. The Morgan fingerprint density at radius 3 is 2.76 bits per heavy atom. The van der Waals surface area contributed by atoms with Crippen molar-refractivity contribution < 1.29 is 19.4 Å². The summed E-state index contributed by atoms with van der Waals surface area (Å²) in [5.41, 5.74) is 0.737. The summed E-state index contributed by atoms with van der Waals surface area (Å²) in [4.78, 5) is 10.7. The third-order valence-corrected chi connectivity index (χ3v) is 3.65. The summed E-state index contributed by atoms with van der Waals surface area (Å²) in [6.07, 6.45) is 7.62. The predicted octanol–water partition coefficient (Wildman–Crippen LogP) is 3.75. The summed E-state index contributed by atoms with van der Waals surface area (Å²) < 4.78 is 11.6. The summed E-state index contributed by atoms with van der Waals surface area (Å²) in [5, 5.41) is 8.78. The van der Waals surface area contributed by atoms with Gasteiger partial charge in [0.15, 0.2) is 11.5 Å². The molecule has 0 radical (unpaired) electrons. The first-order valence-electron chi connectivity index (χ1n) is 7.50. The standard InChI is InChI=1S/C17H22O4/c1-2-20-15-9-5-8-14(10-11-16(18)19)17(15)21-12-13-6-3-4-7-13/h5,8-11,13H,2-4,6-7,12H2,1H3,(H,18,19). The normalized spacial score (nSPS) is 15.5. The minimum atomic E-state index is -0.974. The maximum atomic E-state index is 10.7. The molecule has 1 aromatic rings.